The summed E-state index contributed by atoms with van der Waals surface area (Å²) in [5, 5.41) is 5.43. The van der Waals surface area contributed by atoms with Gasteiger partial charge in [0.05, 0.1) is 0 Å². The number of alkyl carbamates (subject to hydrolysis) is 1. The maximum absolute atomic E-state index is 13.2. The van der Waals surface area contributed by atoms with Gasteiger partial charge in [-0.3, -0.25) is 14.4 Å². The van der Waals surface area contributed by atoms with Gasteiger partial charge in [-0.15, -0.1) is 0 Å². The second kappa shape index (κ2) is 11.3. The highest BCUT2D eigenvalue weighted by Gasteiger charge is 2.37. The maximum atomic E-state index is 13.2. The van der Waals surface area contributed by atoms with Crippen LogP contribution in [0.1, 0.15) is 74.1 Å². The van der Waals surface area contributed by atoms with Crippen molar-refractivity contribution in [3.8, 4) is 0 Å². The molecule has 0 radical (unpaired) electrons. The molecule has 9 nitrogen and oxygen atoms in total. The molecule has 1 saturated heterocycles. The van der Waals surface area contributed by atoms with Crippen LogP contribution in [0, 0.1) is 11.8 Å². The number of hydrogen-bond donors (Lipinski definition) is 3. The first-order valence-corrected chi connectivity index (χ1v) is 11.1. The van der Waals surface area contributed by atoms with Crippen molar-refractivity contribution in [3.05, 3.63) is 0 Å². The molecule has 9 heteroatoms. The third kappa shape index (κ3) is 9.14. The number of carbonyl (C=O) groups excluding carboxylic acids is 4. The minimum atomic E-state index is -0.845. The number of likely N-dealkylation sites (tertiary alicyclic amines) is 1. The molecule has 1 fully saturated rings. The molecule has 1 aliphatic heterocycles. The fraction of sp³-hybridized carbons (Fsp3) is 0.818. The molecule has 4 amide bonds. The van der Waals surface area contributed by atoms with Gasteiger partial charge in [0.25, 0.3) is 0 Å². The molecule has 0 aromatic rings. The number of primary amides is 1. The smallest absolute Gasteiger partial charge is 0.408 e. The first-order valence-electron chi connectivity index (χ1n) is 11.1. The summed E-state index contributed by atoms with van der Waals surface area (Å²) in [6, 6.07) is -2.30. The van der Waals surface area contributed by atoms with Crippen LogP contribution in [0.3, 0.4) is 0 Å². The molecule has 0 bridgehead atoms. The molecule has 1 heterocycles. The Morgan fingerprint density at radius 1 is 1.00 bits per heavy atom. The van der Waals surface area contributed by atoms with Gasteiger partial charge in [0.15, 0.2) is 0 Å². The van der Waals surface area contributed by atoms with E-state index in [4.69, 9.17) is 10.5 Å². The molecule has 0 aromatic heterocycles. The standard InChI is InChI=1S/C22H40N4O5/c1-13(2)11-15(25-21(30)31-22(5,6)7)19(28)24-16(12-14(3)4)20(29)26-10-8-9-17(26)18(23)27/h13-17H,8-12H2,1-7H3,(H2,23,27)(H,24,28)(H,25,30)/t15-,16-,17-/m0/s1. The van der Waals surface area contributed by atoms with Gasteiger partial charge in [-0.05, 0) is 58.3 Å². The number of ether oxygens (including phenoxy) is 1. The fourth-order valence-electron chi connectivity index (χ4n) is 3.64. The van der Waals surface area contributed by atoms with Crippen LogP contribution in [-0.4, -0.2) is 59.0 Å². The van der Waals surface area contributed by atoms with Crippen molar-refractivity contribution >= 4 is 23.8 Å². The second-order valence-electron chi connectivity index (χ2n) is 10.1. The molecule has 0 aliphatic carbocycles. The van der Waals surface area contributed by atoms with Crippen molar-refractivity contribution < 1.29 is 23.9 Å². The van der Waals surface area contributed by atoms with E-state index in [1.54, 1.807) is 20.8 Å². The highest BCUT2D eigenvalue weighted by molar-refractivity contribution is 5.93. The first-order chi connectivity index (χ1) is 14.2. The Morgan fingerprint density at radius 2 is 1.55 bits per heavy atom. The molecule has 0 spiro atoms. The molecule has 1 aliphatic rings. The molecular formula is C22H40N4O5. The van der Waals surface area contributed by atoms with Crippen LogP contribution >= 0.6 is 0 Å². The van der Waals surface area contributed by atoms with E-state index < -0.39 is 41.6 Å². The lowest BCUT2D eigenvalue weighted by atomic mass is 9.99. The Kier molecular flexibility index (Phi) is 9.77. The SMILES string of the molecule is CC(C)C[C@H](NC(=O)OC(C)(C)C)C(=O)N[C@@H](CC(C)C)C(=O)N1CCC[C@H]1C(N)=O. The van der Waals surface area contributed by atoms with E-state index in [2.05, 4.69) is 10.6 Å². The van der Waals surface area contributed by atoms with E-state index in [1.165, 1.54) is 4.90 Å². The minimum Gasteiger partial charge on any atom is -0.444 e. The Balaban J connectivity index is 2.98. The number of nitrogens with one attached hydrogen (secondary N) is 2. The predicted octanol–water partition coefficient (Wildman–Crippen LogP) is 1.93. The Bertz CT molecular complexity index is 657. The van der Waals surface area contributed by atoms with Gasteiger partial charge < -0.3 is 26.0 Å². The van der Waals surface area contributed by atoms with E-state index in [0.717, 1.165) is 0 Å². The summed E-state index contributed by atoms with van der Waals surface area (Å²) >= 11 is 0. The van der Waals surface area contributed by atoms with Crippen LogP contribution < -0.4 is 16.4 Å². The predicted molar refractivity (Wildman–Crippen MR) is 118 cm³/mol. The van der Waals surface area contributed by atoms with Crippen LogP contribution in [0.15, 0.2) is 0 Å². The second-order valence-corrected chi connectivity index (χ2v) is 10.1. The van der Waals surface area contributed by atoms with Crippen molar-refractivity contribution in [2.75, 3.05) is 6.54 Å². The number of nitrogens with two attached hydrogens (primary N) is 1. The van der Waals surface area contributed by atoms with E-state index >= 15 is 0 Å². The summed E-state index contributed by atoms with van der Waals surface area (Å²) in [6.07, 6.45) is 1.33. The lowest BCUT2D eigenvalue weighted by molar-refractivity contribution is -0.141. The molecule has 4 N–H and O–H groups in total. The van der Waals surface area contributed by atoms with E-state index in [9.17, 15) is 19.2 Å². The number of hydrogen-bond acceptors (Lipinski definition) is 5. The fourth-order valence-corrected chi connectivity index (χ4v) is 3.64. The number of rotatable bonds is 9. The minimum absolute atomic E-state index is 0.128. The Hall–Kier alpha value is -2.32. The van der Waals surface area contributed by atoms with Gasteiger partial charge in [0, 0.05) is 6.54 Å². The van der Waals surface area contributed by atoms with Gasteiger partial charge in [-0.2, -0.15) is 0 Å². The summed E-state index contributed by atoms with van der Waals surface area (Å²) < 4.78 is 5.28. The third-order valence-corrected chi connectivity index (χ3v) is 4.90. The summed E-state index contributed by atoms with van der Waals surface area (Å²) in [4.78, 5) is 51.7. The van der Waals surface area contributed by atoms with Crippen molar-refractivity contribution in [2.24, 2.45) is 17.6 Å². The van der Waals surface area contributed by atoms with Crippen molar-refractivity contribution in [1.82, 2.24) is 15.5 Å². The molecular weight excluding hydrogens is 400 g/mol. The maximum Gasteiger partial charge on any atom is 0.408 e. The molecule has 0 saturated carbocycles. The summed E-state index contributed by atoms with van der Waals surface area (Å²) in [5.74, 6) is -1.05. The van der Waals surface area contributed by atoms with Crippen LogP contribution in [0.2, 0.25) is 0 Å². The lowest BCUT2D eigenvalue weighted by Gasteiger charge is -2.30. The molecule has 3 atom stereocenters. The van der Waals surface area contributed by atoms with Gasteiger partial charge in [0.1, 0.15) is 23.7 Å². The zero-order valence-electron chi connectivity index (χ0n) is 20.0. The largest absolute Gasteiger partial charge is 0.444 e. The van der Waals surface area contributed by atoms with E-state index in [-0.39, 0.29) is 17.7 Å². The molecule has 0 aromatic carbocycles. The Labute approximate surface area is 185 Å². The van der Waals surface area contributed by atoms with Gasteiger partial charge in [-0.1, -0.05) is 27.7 Å². The van der Waals surface area contributed by atoms with Crippen molar-refractivity contribution in [2.45, 2.75) is 97.9 Å². The molecule has 0 unspecified atom stereocenters. The normalized spacial score (nSPS) is 18.6. The quantitative estimate of drug-likeness (QED) is 0.504. The first kappa shape index (κ1) is 26.7. The summed E-state index contributed by atoms with van der Waals surface area (Å²) in [5.41, 5.74) is 4.76. The molecule has 1 rings (SSSR count). The zero-order chi connectivity index (χ0) is 23.9. The third-order valence-electron chi connectivity index (χ3n) is 4.90. The lowest BCUT2D eigenvalue weighted by Crippen LogP contribution is -2.57. The van der Waals surface area contributed by atoms with Gasteiger partial charge in [0.2, 0.25) is 17.7 Å². The number of amides is 4. The summed E-state index contributed by atoms with van der Waals surface area (Å²) in [6.45, 7) is 13.4. The van der Waals surface area contributed by atoms with E-state index in [0.29, 0.717) is 32.2 Å². The monoisotopic (exact) mass is 440 g/mol. The average Bonchev–Trinajstić information content (AvgIpc) is 3.07. The summed E-state index contributed by atoms with van der Waals surface area (Å²) in [7, 11) is 0. The van der Waals surface area contributed by atoms with Crippen molar-refractivity contribution in [1.29, 1.82) is 0 Å². The van der Waals surface area contributed by atoms with Crippen molar-refractivity contribution in [3.63, 3.8) is 0 Å². The van der Waals surface area contributed by atoms with Crippen LogP contribution in [0.4, 0.5) is 4.79 Å². The van der Waals surface area contributed by atoms with Crippen LogP contribution in [-0.2, 0) is 19.1 Å². The van der Waals surface area contributed by atoms with E-state index in [1.807, 2.05) is 27.7 Å². The average molecular weight is 441 g/mol. The highest BCUT2D eigenvalue weighted by Crippen LogP contribution is 2.20. The van der Waals surface area contributed by atoms with Crippen LogP contribution in [0.5, 0.6) is 0 Å². The topological polar surface area (TPSA) is 131 Å². The zero-order valence-corrected chi connectivity index (χ0v) is 20.0. The highest BCUT2D eigenvalue weighted by atomic mass is 16.6. The number of nitrogens with zero attached hydrogens (tertiary/aromatic N) is 1. The Morgan fingerprint density at radius 3 is 2.03 bits per heavy atom. The van der Waals surface area contributed by atoms with Crippen LogP contribution in [0.25, 0.3) is 0 Å². The number of carbonyl (C=O) groups is 4. The van der Waals surface area contributed by atoms with Gasteiger partial charge in [-0.25, -0.2) is 4.79 Å². The molecule has 178 valence electrons. The molecule has 31 heavy (non-hydrogen) atoms. The van der Waals surface area contributed by atoms with Gasteiger partial charge >= 0.3 is 6.09 Å².